The fourth-order valence-electron chi connectivity index (χ4n) is 2.65. The van der Waals surface area contributed by atoms with Crippen LogP contribution in [0.4, 0.5) is 32.0 Å². The summed E-state index contributed by atoms with van der Waals surface area (Å²) in [6, 6.07) is 10.4. The molecule has 168 valence electrons. The van der Waals surface area contributed by atoms with E-state index >= 15 is 0 Å². The summed E-state index contributed by atoms with van der Waals surface area (Å²) in [5.41, 5.74) is 1.52. The van der Waals surface area contributed by atoms with Crippen molar-refractivity contribution < 1.29 is 35.8 Å². The molecule has 0 amide bonds. The highest BCUT2D eigenvalue weighted by atomic mass is 19.2. The van der Waals surface area contributed by atoms with Gasteiger partial charge in [0.2, 0.25) is 5.82 Å². The van der Waals surface area contributed by atoms with E-state index in [0.717, 1.165) is 6.21 Å². The number of nitrogens with zero attached hydrogens (tertiary/aromatic N) is 1. The van der Waals surface area contributed by atoms with Crippen LogP contribution in [0, 0.1) is 34.9 Å². The zero-order valence-corrected chi connectivity index (χ0v) is 16.6. The predicted molar refractivity (Wildman–Crippen MR) is 106 cm³/mol. The number of anilines is 1. The van der Waals surface area contributed by atoms with Gasteiger partial charge in [-0.25, -0.2) is 26.3 Å². The van der Waals surface area contributed by atoms with E-state index in [1.54, 1.807) is 19.1 Å². The highest BCUT2D eigenvalue weighted by Gasteiger charge is 2.25. The summed E-state index contributed by atoms with van der Waals surface area (Å²) in [6.45, 7) is 2.11. The third-order valence-corrected chi connectivity index (χ3v) is 4.15. The lowest BCUT2D eigenvalue weighted by atomic mass is 10.2. The minimum atomic E-state index is -2.26. The number of rotatable bonds is 8. The largest absolute Gasteiger partial charge is 0.490 e. The number of nitrogens with one attached hydrogen (secondary N) is 1. The molecule has 4 nitrogen and oxygen atoms in total. The summed E-state index contributed by atoms with van der Waals surface area (Å²) >= 11 is 0. The maximum atomic E-state index is 13.7. The van der Waals surface area contributed by atoms with Gasteiger partial charge in [-0.15, -0.1) is 0 Å². The Morgan fingerprint density at radius 3 is 2.16 bits per heavy atom. The van der Waals surface area contributed by atoms with Crippen molar-refractivity contribution in [2.45, 2.75) is 13.5 Å². The number of hydrogen-bond donors (Lipinski definition) is 1. The Morgan fingerprint density at radius 2 is 1.50 bits per heavy atom. The molecule has 0 radical (unpaired) electrons. The Kier molecular flexibility index (Phi) is 7.24. The van der Waals surface area contributed by atoms with Gasteiger partial charge in [-0.3, -0.25) is 5.43 Å². The van der Waals surface area contributed by atoms with Gasteiger partial charge in [-0.05, 0) is 48.4 Å². The molecule has 3 aromatic rings. The smallest absolute Gasteiger partial charge is 0.200 e. The lowest BCUT2D eigenvalue weighted by Gasteiger charge is -2.13. The molecule has 3 aromatic carbocycles. The third kappa shape index (κ3) is 5.13. The molecule has 1 N–H and O–H groups in total. The lowest BCUT2D eigenvalue weighted by molar-refractivity contribution is 0.269. The lowest BCUT2D eigenvalue weighted by Crippen LogP contribution is -2.06. The molecule has 0 saturated heterocycles. The number of benzene rings is 3. The fourth-order valence-corrected chi connectivity index (χ4v) is 2.65. The van der Waals surface area contributed by atoms with Crippen LogP contribution in [-0.2, 0) is 6.61 Å². The Bertz CT molecular complexity index is 1120. The predicted octanol–water partition coefficient (Wildman–Crippen LogP) is 5.94. The van der Waals surface area contributed by atoms with Gasteiger partial charge in [0, 0.05) is 0 Å². The van der Waals surface area contributed by atoms with Gasteiger partial charge < -0.3 is 9.47 Å². The second-order valence-electron chi connectivity index (χ2n) is 6.37. The fraction of sp³-hybridized carbons (Fsp3) is 0.136. The van der Waals surface area contributed by atoms with Crippen LogP contribution in [0.1, 0.15) is 18.1 Å². The molecule has 0 aliphatic rings. The maximum absolute atomic E-state index is 13.7. The average Bonchev–Trinajstić information content (AvgIpc) is 2.78. The molecule has 32 heavy (non-hydrogen) atoms. The van der Waals surface area contributed by atoms with Gasteiger partial charge in [-0.1, -0.05) is 12.1 Å². The number of hydrazone groups is 1. The van der Waals surface area contributed by atoms with Crippen molar-refractivity contribution in [1.29, 1.82) is 0 Å². The van der Waals surface area contributed by atoms with Crippen LogP contribution in [0.2, 0.25) is 0 Å². The summed E-state index contributed by atoms with van der Waals surface area (Å²) in [5, 5.41) is 3.53. The van der Waals surface area contributed by atoms with Crippen LogP contribution in [-0.4, -0.2) is 12.8 Å². The van der Waals surface area contributed by atoms with Crippen LogP contribution in [0.3, 0.4) is 0 Å². The molecule has 10 heteroatoms. The SMILES string of the molecule is CCOc1cc(C=NNc2c(F)c(F)c(F)c(F)c2F)ccc1OCc1cccc(F)c1. The summed E-state index contributed by atoms with van der Waals surface area (Å²) in [6.07, 6.45) is 1.09. The highest BCUT2D eigenvalue weighted by molar-refractivity contribution is 5.81. The van der Waals surface area contributed by atoms with E-state index in [1.807, 2.05) is 5.43 Å². The van der Waals surface area contributed by atoms with E-state index in [1.165, 1.54) is 30.3 Å². The van der Waals surface area contributed by atoms with Gasteiger partial charge in [0.1, 0.15) is 18.1 Å². The van der Waals surface area contributed by atoms with Gasteiger partial charge >= 0.3 is 0 Å². The van der Waals surface area contributed by atoms with Crippen molar-refractivity contribution in [3.8, 4) is 11.5 Å². The first-order valence-corrected chi connectivity index (χ1v) is 9.26. The third-order valence-electron chi connectivity index (χ3n) is 4.15. The molecule has 0 saturated carbocycles. The summed E-state index contributed by atoms with van der Waals surface area (Å²) in [7, 11) is 0. The van der Waals surface area contributed by atoms with E-state index in [9.17, 15) is 26.3 Å². The van der Waals surface area contributed by atoms with E-state index in [0.29, 0.717) is 29.2 Å². The van der Waals surface area contributed by atoms with Crippen molar-refractivity contribution in [2.24, 2.45) is 5.10 Å². The van der Waals surface area contributed by atoms with E-state index in [4.69, 9.17) is 9.47 Å². The summed E-state index contributed by atoms with van der Waals surface area (Å²) < 4.78 is 91.4. The Hall–Kier alpha value is -3.69. The van der Waals surface area contributed by atoms with E-state index in [-0.39, 0.29) is 6.61 Å². The number of hydrogen-bond acceptors (Lipinski definition) is 4. The van der Waals surface area contributed by atoms with Crippen molar-refractivity contribution in [2.75, 3.05) is 12.0 Å². The van der Waals surface area contributed by atoms with Crippen LogP contribution >= 0.6 is 0 Å². The quantitative estimate of drug-likeness (QED) is 0.151. The van der Waals surface area contributed by atoms with Gasteiger partial charge in [0.25, 0.3) is 0 Å². The average molecular weight is 454 g/mol. The second kappa shape index (κ2) is 10.1. The first-order chi connectivity index (χ1) is 15.3. The van der Waals surface area contributed by atoms with Crippen molar-refractivity contribution in [1.82, 2.24) is 0 Å². The molecule has 0 aliphatic carbocycles. The van der Waals surface area contributed by atoms with Crippen LogP contribution in [0.5, 0.6) is 11.5 Å². The normalized spacial score (nSPS) is 11.1. The van der Waals surface area contributed by atoms with Crippen molar-refractivity contribution in [3.63, 3.8) is 0 Å². The van der Waals surface area contributed by atoms with Crippen LogP contribution in [0.15, 0.2) is 47.6 Å². The topological polar surface area (TPSA) is 42.8 Å². The molecule has 0 unspecified atom stereocenters. The monoisotopic (exact) mass is 454 g/mol. The molecule has 0 aliphatic heterocycles. The Morgan fingerprint density at radius 1 is 0.812 bits per heavy atom. The molecule has 0 spiro atoms. The summed E-state index contributed by atoms with van der Waals surface area (Å²) in [5.74, 6) is -10.2. The zero-order chi connectivity index (χ0) is 23.3. The van der Waals surface area contributed by atoms with Gasteiger partial charge in [0.15, 0.2) is 34.8 Å². The van der Waals surface area contributed by atoms with E-state index in [2.05, 4.69) is 5.10 Å². The second-order valence-corrected chi connectivity index (χ2v) is 6.37. The first kappa shape index (κ1) is 23.0. The maximum Gasteiger partial charge on any atom is 0.200 e. The number of halogens is 6. The molecular formula is C22H16F6N2O2. The zero-order valence-electron chi connectivity index (χ0n) is 16.6. The summed E-state index contributed by atoms with van der Waals surface area (Å²) in [4.78, 5) is 0. The van der Waals surface area contributed by atoms with Crippen molar-refractivity contribution in [3.05, 3.63) is 88.5 Å². The minimum absolute atomic E-state index is 0.0765. The Labute approximate surface area is 179 Å². The molecule has 0 bridgehead atoms. The minimum Gasteiger partial charge on any atom is -0.490 e. The number of ether oxygens (including phenoxy) is 2. The van der Waals surface area contributed by atoms with Crippen molar-refractivity contribution >= 4 is 11.9 Å². The van der Waals surface area contributed by atoms with Gasteiger partial charge in [0.05, 0.1) is 12.8 Å². The molecule has 0 atom stereocenters. The standard InChI is InChI=1S/C22H16F6N2O2/c1-2-31-16-9-12(6-7-15(16)32-11-13-4-3-5-14(23)8-13)10-29-30-22-20(27)18(25)17(24)19(26)21(22)28/h3-10,30H,2,11H2,1H3. The molecule has 0 fully saturated rings. The van der Waals surface area contributed by atoms with Crippen LogP contribution < -0.4 is 14.9 Å². The molecular weight excluding hydrogens is 438 g/mol. The van der Waals surface area contributed by atoms with Crippen LogP contribution in [0.25, 0.3) is 0 Å². The van der Waals surface area contributed by atoms with E-state index < -0.39 is 40.6 Å². The van der Waals surface area contributed by atoms with Gasteiger partial charge in [-0.2, -0.15) is 5.10 Å². The Balaban J connectivity index is 1.76. The molecule has 0 heterocycles. The first-order valence-electron chi connectivity index (χ1n) is 9.26. The highest BCUT2D eigenvalue weighted by Crippen LogP contribution is 2.30. The molecule has 0 aromatic heterocycles. The molecule has 3 rings (SSSR count).